The van der Waals surface area contributed by atoms with Gasteiger partial charge in [-0.2, -0.15) is 0 Å². The van der Waals surface area contributed by atoms with Crippen LogP contribution in [-0.4, -0.2) is 60.3 Å². The summed E-state index contributed by atoms with van der Waals surface area (Å²) in [4.78, 5) is -0.303. The van der Waals surface area contributed by atoms with Crippen molar-refractivity contribution in [2.45, 2.75) is 28.4 Å². The summed E-state index contributed by atoms with van der Waals surface area (Å²) in [5.41, 5.74) is 0. The first-order valence-electron chi connectivity index (χ1n) is 3.43. The van der Waals surface area contributed by atoms with Crippen molar-refractivity contribution < 1.29 is 20.4 Å². The van der Waals surface area contributed by atoms with E-state index >= 15 is 0 Å². The molecule has 1 aliphatic heterocycles. The Morgan fingerprint density at radius 1 is 1.45 bits per heavy atom. The summed E-state index contributed by atoms with van der Waals surface area (Å²) in [6.45, 7) is -0.337. The molecule has 5 heteroatoms. The molecule has 0 amide bonds. The van der Waals surface area contributed by atoms with E-state index in [-0.39, 0.29) is 26.4 Å². The van der Waals surface area contributed by atoms with E-state index in [2.05, 4.69) is 0 Å². The maximum absolute atomic E-state index is 9.25. The van der Waals surface area contributed by atoms with Crippen molar-refractivity contribution in [2.24, 2.45) is 0 Å². The maximum atomic E-state index is 9.25. The summed E-state index contributed by atoms with van der Waals surface area (Å²) in [5, 5.41) is 36.6. The predicted octanol–water partition coefficient (Wildman–Crippen LogP) is -2.01. The molecule has 0 aromatic carbocycles. The number of hydrogen-bond donors (Lipinski definition) is 4. The van der Waals surface area contributed by atoms with Crippen LogP contribution in [0.4, 0.5) is 0 Å². The quantitative estimate of drug-likeness (QED) is 0.411. The second-order valence-corrected chi connectivity index (χ2v) is 5.15. The molecule has 0 aromatic rings. The third-order valence-corrected chi connectivity index (χ3v) is 4.93. The normalized spacial score (nSPS) is 40.9. The van der Waals surface area contributed by atoms with Gasteiger partial charge in [0.15, 0.2) is 0 Å². The minimum atomic E-state index is -0.873. The molecule has 4 nitrogen and oxygen atoms in total. The summed E-state index contributed by atoms with van der Waals surface area (Å²) in [6, 6.07) is 0. The fourth-order valence-electron chi connectivity index (χ4n) is 1.07. The van der Waals surface area contributed by atoms with Gasteiger partial charge < -0.3 is 0 Å². The molecular formula is C6H12O4Se. The first-order chi connectivity index (χ1) is 5.16. The van der Waals surface area contributed by atoms with Gasteiger partial charge in [-0.15, -0.1) is 0 Å². The fourth-order valence-corrected chi connectivity index (χ4v) is 3.80. The zero-order valence-electron chi connectivity index (χ0n) is 5.92. The van der Waals surface area contributed by atoms with Crippen LogP contribution in [0.2, 0.25) is 10.1 Å². The molecule has 0 spiro atoms. The molecule has 1 aliphatic rings. The van der Waals surface area contributed by atoms with Gasteiger partial charge in [-0.3, -0.25) is 0 Å². The molecule has 1 heterocycles. The van der Waals surface area contributed by atoms with E-state index in [9.17, 15) is 5.11 Å². The Hall–Kier alpha value is 0.359. The average Bonchev–Trinajstić information content (AvgIpc) is 2.32. The summed E-state index contributed by atoms with van der Waals surface area (Å²) in [6.07, 6.45) is -2.43. The standard InChI is InChI=1S/C6H12O4Se/c7-1-3(8)6-5(10)4(9)2-11-6/h3-10H,1-2H2/t3-,4+,5+,6-/m1/s1. The minimum absolute atomic E-state index is 0.0426. The van der Waals surface area contributed by atoms with Crippen LogP contribution < -0.4 is 0 Å². The zero-order chi connectivity index (χ0) is 8.43. The van der Waals surface area contributed by atoms with E-state index in [0.29, 0.717) is 5.32 Å². The Labute approximate surface area is 71.0 Å². The number of rotatable bonds is 2. The van der Waals surface area contributed by atoms with Crippen molar-refractivity contribution >= 4 is 15.0 Å². The van der Waals surface area contributed by atoms with Gasteiger partial charge in [-0.1, -0.05) is 0 Å². The average molecular weight is 227 g/mol. The van der Waals surface area contributed by atoms with E-state index in [1.807, 2.05) is 0 Å². The van der Waals surface area contributed by atoms with Crippen LogP contribution in [-0.2, 0) is 0 Å². The first kappa shape index (κ1) is 9.45. The van der Waals surface area contributed by atoms with Crippen LogP contribution in [0.15, 0.2) is 0 Å². The van der Waals surface area contributed by atoms with Gasteiger partial charge >= 0.3 is 70.4 Å². The molecule has 4 N–H and O–H groups in total. The second kappa shape index (κ2) is 3.85. The fraction of sp³-hybridized carbons (Fsp3) is 1.00. The van der Waals surface area contributed by atoms with Crippen molar-refractivity contribution in [1.29, 1.82) is 0 Å². The van der Waals surface area contributed by atoms with Crippen molar-refractivity contribution in [2.75, 3.05) is 6.61 Å². The van der Waals surface area contributed by atoms with Crippen molar-refractivity contribution in [3.05, 3.63) is 0 Å². The van der Waals surface area contributed by atoms with Gasteiger partial charge in [0, 0.05) is 0 Å². The molecule has 0 radical (unpaired) electrons. The molecule has 0 unspecified atom stereocenters. The van der Waals surface area contributed by atoms with Crippen molar-refractivity contribution in [3.8, 4) is 0 Å². The van der Waals surface area contributed by atoms with Crippen LogP contribution in [0.5, 0.6) is 0 Å². The third kappa shape index (κ3) is 1.93. The summed E-state index contributed by atoms with van der Waals surface area (Å²) in [5.74, 6) is 0. The van der Waals surface area contributed by atoms with E-state index in [0.717, 1.165) is 0 Å². The summed E-state index contributed by atoms with van der Waals surface area (Å²) >= 11 is 0.0426. The molecule has 0 saturated carbocycles. The Bertz CT molecular complexity index is 132. The van der Waals surface area contributed by atoms with Gasteiger partial charge in [0.1, 0.15) is 0 Å². The van der Waals surface area contributed by atoms with Gasteiger partial charge in [-0.05, 0) is 0 Å². The first-order valence-corrected chi connectivity index (χ1v) is 5.63. The zero-order valence-corrected chi connectivity index (χ0v) is 7.63. The van der Waals surface area contributed by atoms with Crippen LogP contribution >= 0.6 is 0 Å². The monoisotopic (exact) mass is 228 g/mol. The van der Waals surface area contributed by atoms with Gasteiger partial charge in [0.05, 0.1) is 0 Å². The van der Waals surface area contributed by atoms with E-state index in [1.54, 1.807) is 0 Å². The molecule has 0 bridgehead atoms. The Kier molecular flexibility index (Phi) is 3.30. The predicted molar refractivity (Wildman–Crippen MR) is 39.4 cm³/mol. The molecule has 1 rings (SSSR count). The molecule has 0 aromatic heterocycles. The van der Waals surface area contributed by atoms with Crippen LogP contribution in [0.3, 0.4) is 0 Å². The van der Waals surface area contributed by atoms with Crippen molar-refractivity contribution in [1.82, 2.24) is 0 Å². The Morgan fingerprint density at radius 3 is 2.45 bits per heavy atom. The van der Waals surface area contributed by atoms with Gasteiger partial charge in [-0.25, -0.2) is 0 Å². The summed E-state index contributed by atoms with van der Waals surface area (Å²) in [7, 11) is 0. The second-order valence-electron chi connectivity index (χ2n) is 2.61. The van der Waals surface area contributed by atoms with E-state index in [1.165, 1.54) is 0 Å². The Morgan fingerprint density at radius 2 is 2.09 bits per heavy atom. The van der Waals surface area contributed by atoms with Crippen LogP contribution in [0, 0.1) is 0 Å². The molecule has 0 aliphatic carbocycles. The number of aliphatic hydroxyl groups excluding tert-OH is 4. The topological polar surface area (TPSA) is 80.9 Å². The molecular weight excluding hydrogens is 215 g/mol. The van der Waals surface area contributed by atoms with Gasteiger partial charge in [0.25, 0.3) is 0 Å². The Balaban J connectivity index is 2.47. The molecule has 66 valence electrons. The molecule has 11 heavy (non-hydrogen) atoms. The molecule has 4 atom stereocenters. The SMILES string of the molecule is OC[C@@H](O)[C@H]1[Se]C[C@H](O)[C@@H]1O. The number of hydrogen-bond acceptors (Lipinski definition) is 4. The van der Waals surface area contributed by atoms with Crippen LogP contribution in [0.1, 0.15) is 0 Å². The molecule has 1 fully saturated rings. The molecule has 1 saturated heterocycles. The van der Waals surface area contributed by atoms with E-state index in [4.69, 9.17) is 15.3 Å². The van der Waals surface area contributed by atoms with Crippen LogP contribution in [0.25, 0.3) is 0 Å². The third-order valence-electron chi connectivity index (χ3n) is 1.76. The van der Waals surface area contributed by atoms with Gasteiger partial charge in [0.2, 0.25) is 0 Å². The van der Waals surface area contributed by atoms with E-state index < -0.39 is 18.3 Å². The van der Waals surface area contributed by atoms with Crippen molar-refractivity contribution in [3.63, 3.8) is 0 Å². The summed E-state index contributed by atoms with van der Waals surface area (Å²) < 4.78 is 0. The number of aliphatic hydroxyl groups is 4.